The van der Waals surface area contributed by atoms with Crippen LogP contribution in [-0.2, 0) is 12.8 Å². The minimum Gasteiger partial charge on any atom is -0.314 e. The van der Waals surface area contributed by atoms with Crippen molar-refractivity contribution in [1.82, 2.24) is 10.3 Å². The first kappa shape index (κ1) is 15.7. The highest BCUT2D eigenvalue weighted by Gasteiger charge is 2.11. The maximum Gasteiger partial charge on any atom is 0.0943 e. The number of thiophene rings is 1. The fraction of sp³-hybridized carbons (Fsp3) is 0.562. The van der Waals surface area contributed by atoms with Crippen molar-refractivity contribution in [2.45, 2.75) is 52.0 Å². The number of nitrogens with one attached hydrogen (secondary N) is 1. The van der Waals surface area contributed by atoms with Gasteiger partial charge < -0.3 is 5.32 Å². The van der Waals surface area contributed by atoms with E-state index in [9.17, 15) is 0 Å². The van der Waals surface area contributed by atoms with Crippen molar-refractivity contribution in [3.63, 3.8) is 0 Å². The zero-order valence-electron chi connectivity index (χ0n) is 12.4. The monoisotopic (exact) mass is 308 g/mol. The zero-order valence-corrected chi connectivity index (χ0v) is 14.0. The molecular weight excluding hydrogens is 284 g/mol. The normalized spacial score (nSPS) is 12.7. The molecule has 110 valence electrons. The fourth-order valence-corrected chi connectivity index (χ4v) is 3.91. The molecule has 0 fully saturated rings. The van der Waals surface area contributed by atoms with Crippen molar-refractivity contribution >= 4 is 22.7 Å². The van der Waals surface area contributed by atoms with Crippen LogP contribution in [0.15, 0.2) is 22.9 Å². The molecule has 2 nitrogen and oxygen atoms in total. The molecule has 2 aromatic heterocycles. The average molecular weight is 309 g/mol. The third-order valence-electron chi connectivity index (χ3n) is 3.33. The van der Waals surface area contributed by atoms with Crippen molar-refractivity contribution in [3.8, 4) is 0 Å². The second-order valence-corrected chi connectivity index (χ2v) is 7.18. The van der Waals surface area contributed by atoms with E-state index in [1.807, 2.05) is 11.3 Å². The molecule has 0 aromatic carbocycles. The smallest absolute Gasteiger partial charge is 0.0943 e. The summed E-state index contributed by atoms with van der Waals surface area (Å²) >= 11 is 3.66. The third kappa shape index (κ3) is 5.35. The number of rotatable bonds is 9. The van der Waals surface area contributed by atoms with Crippen LogP contribution in [0.5, 0.6) is 0 Å². The minimum absolute atomic E-state index is 0.570. The van der Waals surface area contributed by atoms with E-state index in [2.05, 4.69) is 47.0 Å². The Morgan fingerprint density at radius 1 is 1.35 bits per heavy atom. The molecule has 0 bridgehead atoms. The molecule has 2 rings (SSSR count). The van der Waals surface area contributed by atoms with E-state index in [0.29, 0.717) is 6.04 Å². The van der Waals surface area contributed by atoms with Crippen molar-refractivity contribution in [2.24, 2.45) is 0 Å². The Hall–Kier alpha value is -0.710. The molecule has 0 aliphatic rings. The standard InChI is InChI=1S/C16H24N2S2/c1-3-9-17-14(11-16-18-13(2)12-20-16)6-4-7-15-8-5-10-19-15/h5,8,10,12,14,17H,3-4,6-7,9,11H2,1-2H3. The molecule has 0 amide bonds. The highest BCUT2D eigenvalue weighted by atomic mass is 32.1. The quantitative estimate of drug-likeness (QED) is 0.740. The molecule has 4 heteroatoms. The van der Waals surface area contributed by atoms with Gasteiger partial charge in [-0.25, -0.2) is 4.98 Å². The van der Waals surface area contributed by atoms with Crippen LogP contribution < -0.4 is 5.32 Å². The Morgan fingerprint density at radius 3 is 2.90 bits per heavy atom. The Kier molecular flexibility index (Phi) is 6.70. The summed E-state index contributed by atoms with van der Waals surface area (Å²) in [4.78, 5) is 6.10. The summed E-state index contributed by atoms with van der Waals surface area (Å²) in [5.74, 6) is 0. The number of thiazole rings is 1. The largest absolute Gasteiger partial charge is 0.314 e. The summed E-state index contributed by atoms with van der Waals surface area (Å²) < 4.78 is 0. The Labute approximate surface area is 130 Å². The molecule has 0 saturated heterocycles. The Bertz CT molecular complexity index is 476. The van der Waals surface area contributed by atoms with E-state index in [1.54, 1.807) is 11.3 Å². The van der Waals surface area contributed by atoms with Gasteiger partial charge in [0.25, 0.3) is 0 Å². The predicted molar refractivity (Wildman–Crippen MR) is 89.9 cm³/mol. The van der Waals surface area contributed by atoms with Crippen LogP contribution in [0.1, 0.15) is 41.8 Å². The number of hydrogen-bond acceptors (Lipinski definition) is 4. The van der Waals surface area contributed by atoms with Gasteiger partial charge in [0.1, 0.15) is 0 Å². The lowest BCUT2D eigenvalue weighted by Gasteiger charge is -2.17. The van der Waals surface area contributed by atoms with Gasteiger partial charge in [0, 0.05) is 28.4 Å². The van der Waals surface area contributed by atoms with Gasteiger partial charge in [0.2, 0.25) is 0 Å². The fourth-order valence-electron chi connectivity index (χ4n) is 2.31. The second kappa shape index (κ2) is 8.55. The van der Waals surface area contributed by atoms with Crippen LogP contribution >= 0.6 is 22.7 Å². The van der Waals surface area contributed by atoms with Crippen LogP contribution in [0.25, 0.3) is 0 Å². The maximum absolute atomic E-state index is 4.60. The molecular formula is C16H24N2S2. The van der Waals surface area contributed by atoms with E-state index >= 15 is 0 Å². The molecule has 0 aliphatic carbocycles. The number of nitrogens with zero attached hydrogens (tertiary/aromatic N) is 1. The van der Waals surface area contributed by atoms with Crippen LogP contribution in [0.4, 0.5) is 0 Å². The Morgan fingerprint density at radius 2 is 2.25 bits per heavy atom. The van der Waals surface area contributed by atoms with E-state index < -0.39 is 0 Å². The van der Waals surface area contributed by atoms with E-state index in [4.69, 9.17) is 0 Å². The van der Waals surface area contributed by atoms with Gasteiger partial charge in [0.15, 0.2) is 0 Å². The lowest BCUT2D eigenvalue weighted by molar-refractivity contribution is 0.464. The average Bonchev–Trinajstić information content (AvgIpc) is 3.08. The number of hydrogen-bond donors (Lipinski definition) is 1. The molecule has 1 N–H and O–H groups in total. The van der Waals surface area contributed by atoms with Crippen LogP contribution in [0.3, 0.4) is 0 Å². The number of aromatic nitrogens is 1. The van der Waals surface area contributed by atoms with Crippen LogP contribution in [0.2, 0.25) is 0 Å². The molecule has 0 aliphatic heterocycles. The lowest BCUT2D eigenvalue weighted by atomic mass is 10.1. The van der Waals surface area contributed by atoms with Crippen molar-refractivity contribution in [1.29, 1.82) is 0 Å². The molecule has 1 unspecified atom stereocenters. The molecule has 0 saturated carbocycles. The third-order valence-corrected chi connectivity index (χ3v) is 5.25. The minimum atomic E-state index is 0.570. The summed E-state index contributed by atoms with van der Waals surface area (Å²) in [5, 5.41) is 9.27. The van der Waals surface area contributed by atoms with Crippen LogP contribution in [0, 0.1) is 6.92 Å². The highest BCUT2D eigenvalue weighted by molar-refractivity contribution is 7.10. The first-order valence-corrected chi connectivity index (χ1v) is 9.20. The Balaban J connectivity index is 1.79. The highest BCUT2D eigenvalue weighted by Crippen LogP contribution is 2.16. The summed E-state index contributed by atoms with van der Waals surface area (Å²) in [5.41, 5.74) is 1.15. The molecule has 0 radical (unpaired) electrons. The van der Waals surface area contributed by atoms with Gasteiger partial charge in [-0.3, -0.25) is 0 Å². The predicted octanol–water partition coefficient (Wildman–Crippen LogP) is 4.45. The summed E-state index contributed by atoms with van der Waals surface area (Å²) in [6.45, 7) is 5.41. The summed E-state index contributed by atoms with van der Waals surface area (Å²) in [7, 11) is 0. The van der Waals surface area contributed by atoms with Crippen molar-refractivity contribution in [3.05, 3.63) is 38.5 Å². The van der Waals surface area contributed by atoms with Gasteiger partial charge in [-0.15, -0.1) is 22.7 Å². The summed E-state index contributed by atoms with van der Waals surface area (Å²) in [6, 6.07) is 4.95. The molecule has 2 aromatic rings. The van der Waals surface area contributed by atoms with E-state index in [0.717, 1.165) is 18.7 Å². The van der Waals surface area contributed by atoms with E-state index in [1.165, 1.54) is 35.6 Å². The van der Waals surface area contributed by atoms with Crippen LogP contribution in [-0.4, -0.2) is 17.6 Å². The second-order valence-electron chi connectivity index (χ2n) is 5.21. The van der Waals surface area contributed by atoms with E-state index in [-0.39, 0.29) is 0 Å². The first-order valence-electron chi connectivity index (χ1n) is 7.44. The van der Waals surface area contributed by atoms with Gasteiger partial charge >= 0.3 is 0 Å². The first-order chi connectivity index (χ1) is 9.78. The van der Waals surface area contributed by atoms with Gasteiger partial charge in [-0.1, -0.05) is 13.0 Å². The summed E-state index contributed by atoms with van der Waals surface area (Å²) in [6.07, 6.45) is 5.96. The maximum atomic E-state index is 4.60. The number of aryl methyl sites for hydroxylation is 2. The molecule has 1 atom stereocenters. The van der Waals surface area contributed by atoms with Gasteiger partial charge in [-0.05, 0) is 50.6 Å². The SMILES string of the molecule is CCCNC(CCCc1cccs1)Cc1nc(C)cs1. The van der Waals surface area contributed by atoms with Gasteiger partial charge in [-0.2, -0.15) is 0 Å². The lowest BCUT2D eigenvalue weighted by Crippen LogP contribution is -2.31. The molecule has 2 heterocycles. The molecule has 20 heavy (non-hydrogen) atoms. The topological polar surface area (TPSA) is 24.9 Å². The van der Waals surface area contributed by atoms with Crippen molar-refractivity contribution in [2.75, 3.05) is 6.54 Å². The van der Waals surface area contributed by atoms with Crippen molar-refractivity contribution < 1.29 is 0 Å². The molecule has 0 spiro atoms. The zero-order chi connectivity index (χ0) is 14.2. The van der Waals surface area contributed by atoms with Gasteiger partial charge in [0.05, 0.1) is 5.01 Å².